The zero-order valence-corrected chi connectivity index (χ0v) is 17.3. The molecule has 1 aromatic carbocycles. The predicted octanol–water partition coefficient (Wildman–Crippen LogP) is 4.81. The number of nitrogens with zero attached hydrogens (tertiary/aromatic N) is 4. The average molecular weight is 447 g/mol. The van der Waals surface area contributed by atoms with E-state index >= 15 is 0 Å². The van der Waals surface area contributed by atoms with Gasteiger partial charge in [-0.25, -0.2) is 14.4 Å². The summed E-state index contributed by atoms with van der Waals surface area (Å²) in [4.78, 5) is 22.0. The Bertz CT molecular complexity index is 1110. The summed E-state index contributed by atoms with van der Waals surface area (Å²) in [5.74, 6) is -1.23. The van der Waals surface area contributed by atoms with E-state index in [2.05, 4.69) is 20.2 Å². The number of nitrogens with one attached hydrogen (secondary N) is 1. The molecule has 1 saturated heterocycles. The lowest BCUT2D eigenvalue weighted by Crippen LogP contribution is -2.37. The molecular weight excluding hydrogens is 426 g/mol. The number of hydrogen-bond acceptors (Lipinski definition) is 4. The summed E-state index contributed by atoms with van der Waals surface area (Å²) in [7, 11) is 0. The van der Waals surface area contributed by atoms with Crippen LogP contribution in [0.15, 0.2) is 36.8 Å². The second-order valence-corrected chi connectivity index (χ2v) is 7.66. The van der Waals surface area contributed by atoms with E-state index in [1.807, 2.05) is 11.8 Å². The number of aromatic nitrogens is 4. The number of alkyl halides is 3. The Labute approximate surface area is 181 Å². The van der Waals surface area contributed by atoms with Crippen LogP contribution in [0.2, 0.25) is 0 Å². The van der Waals surface area contributed by atoms with Crippen LogP contribution in [0, 0.1) is 5.82 Å². The summed E-state index contributed by atoms with van der Waals surface area (Å²) in [5, 5.41) is 7.29. The van der Waals surface area contributed by atoms with E-state index < -0.39 is 17.6 Å². The number of carbonyl (C=O) groups is 1. The summed E-state index contributed by atoms with van der Waals surface area (Å²) in [6.07, 6.45) is -0.128. The van der Waals surface area contributed by atoms with Gasteiger partial charge in [0.15, 0.2) is 0 Å². The number of hydrogen-bond donors (Lipinski definition) is 1. The third-order valence-corrected chi connectivity index (χ3v) is 5.74. The molecule has 4 rings (SSSR count). The number of H-pyrrole nitrogens is 1. The molecule has 6 nitrogen and oxygen atoms in total. The summed E-state index contributed by atoms with van der Waals surface area (Å²) in [6.45, 7) is 2.99. The monoisotopic (exact) mass is 447 g/mol. The molecule has 1 N–H and O–H groups in total. The van der Waals surface area contributed by atoms with Gasteiger partial charge in [-0.2, -0.15) is 18.3 Å². The maximum atomic E-state index is 13.8. The lowest BCUT2D eigenvalue weighted by atomic mass is 9.88. The summed E-state index contributed by atoms with van der Waals surface area (Å²) in [5.41, 5.74) is 0.848. The molecule has 168 valence electrons. The van der Waals surface area contributed by atoms with Gasteiger partial charge in [0.25, 0.3) is 0 Å². The maximum absolute atomic E-state index is 13.8. The first-order valence-corrected chi connectivity index (χ1v) is 10.3. The van der Waals surface area contributed by atoms with Gasteiger partial charge in [0.2, 0.25) is 5.91 Å². The predicted molar refractivity (Wildman–Crippen MR) is 109 cm³/mol. The van der Waals surface area contributed by atoms with Gasteiger partial charge in [0, 0.05) is 48.4 Å². The highest BCUT2D eigenvalue weighted by atomic mass is 19.4. The van der Waals surface area contributed by atoms with Crippen LogP contribution in [0.4, 0.5) is 17.6 Å². The highest BCUT2D eigenvalue weighted by molar-refractivity contribution is 5.81. The Morgan fingerprint density at radius 2 is 1.97 bits per heavy atom. The van der Waals surface area contributed by atoms with Gasteiger partial charge in [0.1, 0.15) is 17.8 Å². The molecule has 0 radical (unpaired) electrons. The highest BCUT2D eigenvalue weighted by Gasteiger charge is 2.35. The Morgan fingerprint density at radius 3 is 2.59 bits per heavy atom. The molecule has 0 atom stereocenters. The van der Waals surface area contributed by atoms with Crippen LogP contribution in [-0.2, 0) is 11.0 Å². The molecule has 0 saturated carbocycles. The first kappa shape index (κ1) is 21.9. The van der Waals surface area contributed by atoms with Crippen molar-refractivity contribution >= 4 is 5.91 Å². The lowest BCUT2D eigenvalue weighted by Gasteiger charge is -2.31. The molecule has 0 unspecified atom stereocenters. The lowest BCUT2D eigenvalue weighted by molar-refractivity contribution is -0.140. The van der Waals surface area contributed by atoms with Crippen molar-refractivity contribution in [3.8, 4) is 22.5 Å². The molecule has 0 aliphatic carbocycles. The van der Waals surface area contributed by atoms with Crippen molar-refractivity contribution in [2.45, 2.75) is 38.3 Å². The number of halogens is 4. The third kappa shape index (κ3) is 4.21. The third-order valence-electron chi connectivity index (χ3n) is 5.74. The Hall–Kier alpha value is -3.30. The Kier molecular flexibility index (Phi) is 5.94. The molecule has 10 heteroatoms. The van der Waals surface area contributed by atoms with Crippen molar-refractivity contribution in [1.82, 2.24) is 25.1 Å². The van der Waals surface area contributed by atoms with E-state index in [-0.39, 0.29) is 23.1 Å². The van der Waals surface area contributed by atoms with Crippen molar-refractivity contribution < 1.29 is 22.4 Å². The minimum absolute atomic E-state index is 0.0182. The molecule has 0 spiro atoms. The van der Waals surface area contributed by atoms with Crippen molar-refractivity contribution in [1.29, 1.82) is 0 Å². The Balaban J connectivity index is 1.76. The van der Waals surface area contributed by atoms with Crippen molar-refractivity contribution in [2.75, 3.05) is 13.1 Å². The van der Waals surface area contributed by atoms with Gasteiger partial charge < -0.3 is 4.90 Å². The minimum atomic E-state index is -4.83. The van der Waals surface area contributed by atoms with Gasteiger partial charge in [-0.1, -0.05) is 6.92 Å². The Morgan fingerprint density at radius 1 is 1.22 bits per heavy atom. The van der Waals surface area contributed by atoms with Gasteiger partial charge in [-0.15, -0.1) is 0 Å². The number of carbonyl (C=O) groups excluding carboxylic acids is 1. The van der Waals surface area contributed by atoms with Crippen LogP contribution < -0.4 is 0 Å². The molecule has 3 heterocycles. The number of amides is 1. The maximum Gasteiger partial charge on any atom is 0.419 e. The smallest absolute Gasteiger partial charge is 0.343 e. The number of piperidine rings is 1. The summed E-state index contributed by atoms with van der Waals surface area (Å²) in [6, 6.07) is 4.49. The molecule has 1 aliphatic rings. The number of likely N-dealkylation sites (tertiary alicyclic amines) is 1. The van der Waals surface area contributed by atoms with Crippen LogP contribution in [-0.4, -0.2) is 44.1 Å². The van der Waals surface area contributed by atoms with Gasteiger partial charge in [0.05, 0.1) is 11.3 Å². The van der Waals surface area contributed by atoms with Gasteiger partial charge >= 0.3 is 6.18 Å². The van der Waals surface area contributed by atoms with Crippen LogP contribution >= 0.6 is 0 Å². The highest BCUT2D eigenvalue weighted by Crippen LogP contribution is 2.41. The first-order valence-electron chi connectivity index (χ1n) is 10.3. The van der Waals surface area contributed by atoms with Crippen LogP contribution in [0.3, 0.4) is 0 Å². The quantitative estimate of drug-likeness (QED) is 0.583. The van der Waals surface area contributed by atoms with Crippen molar-refractivity contribution in [3.05, 3.63) is 53.9 Å². The van der Waals surface area contributed by atoms with Crippen LogP contribution in [0.25, 0.3) is 22.5 Å². The molecule has 1 aliphatic heterocycles. The average Bonchev–Trinajstić information content (AvgIpc) is 3.24. The SMILES string of the molecule is CCC(=O)N1CCC(c2[nH]nc(-c3ccc(F)c(C(F)(F)F)c3)c2-c2ccncn2)CC1. The van der Waals surface area contributed by atoms with E-state index in [4.69, 9.17) is 0 Å². The largest absolute Gasteiger partial charge is 0.419 e. The second-order valence-electron chi connectivity index (χ2n) is 7.66. The zero-order chi connectivity index (χ0) is 22.9. The number of rotatable bonds is 4. The van der Waals surface area contributed by atoms with E-state index in [0.717, 1.165) is 17.8 Å². The fourth-order valence-electron chi connectivity index (χ4n) is 4.09. The molecule has 32 heavy (non-hydrogen) atoms. The van der Waals surface area contributed by atoms with E-state index in [0.29, 0.717) is 43.6 Å². The first-order chi connectivity index (χ1) is 15.3. The van der Waals surface area contributed by atoms with Crippen molar-refractivity contribution in [3.63, 3.8) is 0 Å². The van der Waals surface area contributed by atoms with E-state index in [1.165, 1.54) is 18.6 Å². The van der Waals surface area contributed by atoms with Gasteiger partial charge in [-0.3, -0.25) is 9.89 Å². The molecule has 3 aromatic rings. The van der Waals surface area contributed by atoms with Crippen LogP contribution in [0.1, 0.15) is 43.4 Å². The summed E-state index contributed by atoms with van der Waals surface area (Å²) >= 11 is 0. The standard InChI is InChI=1S/C22H21F4N5O/c1-2-18(32)31-9-6-13(7-10-31)20-19(17-5-8-27-12-28-17)21(30-29-20)14-3-4-16(23)15(11-14)22(24,25)26/h3-5,8,11-13H,2,6-7,9-10H2,1H3,(H,29,30). The minimum Gasteiger partial charge on any atom is -0.343 e. The fraction of sp³-hybridized carbons (Fsp3) is 0.364. The number of aromatic amines is 1. The molecular formula is C22H21F4N5O. The second kappa shape index (κ2) is 8.68. The molecule has 2 aromatic heterocycles. The topological polar surface area (TPSA) is 74.8 Å². The molecule has 1 fully saturated rings. The van der Waals surface area contributed by atoms with Crippen molar-refractivity contribution in [2.24, 2.45) is 0 Å². The van der Waals surface area contributed by atoms with E-state index in [1.54, 1.807) is 6.07 Å². The normalized spacial score (nSPS) is 15.2. The van der Waals surface area contributed by atoms with E-state index in [9.17, 15) is 22.4 Å². The summed E-state index contributed by atoms with van der Waals surface area (Å²) < 4.78 is 53.7. The van der Waals surface area contributed by atoms with Crippen LogP contribution in [0.5, 0.6) is 0 Å². The van der Waals surface area contributed by atoms with Gasteiger partial charge in [-0.05, 0) is 37.1 Å². The fourth-order valence-corrected chi connectivity index (χ4v) is 4.09. The number of benzene rings is 1. The zero-order valence-electron chi connectivity index (χ0n) is 17.3. The molecule has 0 bridgehead atoms. The molecule has 1 amide bonds.